The Bertz CT molecular complexity index is 1550. The number of imide groups is 1. The van der Waals surface area contributed by atoms with Crippen LogP contribution in [0.25, 0.3) is 16.8 Å². The first-order chi connectivity index (χ1) is 18.4. The van der Waals surface area contributed by atoms with Crippen LogP contribution in [-0.4, -0.2) is 23.4 Å². The number of hydrogen-bond donors (Lipinski definition) is 1. The Labute approximate surface area is 233 Å². The molecule has 1 fully saturated rings. The molecule has 8 heteroatoms. The smallest absolute Gasteiger partial charge is 0.329 e. The zero-order valence-electron chi connectivity index (χ0n) is 20.5. The summed E-state index contributed by atoms with van der Waals surface area (Å²) < 4.78 is 26.1. The van der Waals surface area contributed by atoms with Crippen molar-refractivity contribution in [2.45, 2.75) is 20.1 Å². The van der Waals surface area contributed by atoms with Crippen molar-refractivity contribution in [3.63, 3.8) is 0 Å². The quantitative estimate of drug-likeness (QED) is 0.136. The Morgan fingerprint density at radius 1 is 0.921 bits per heavy atom. The summed E-state index contributed by atoms with van der Waals surface area (Å²) in [6, 6.07) is 23.2. The first kappa shape index (κ1) is 25.7. The summed E-state index contributed by atoms with van der Waals surface area (Å²) in [5.74, 6) is 0.328. The number of carbonyl (C=O) groups excluding carboxylic acids is 2. The summed E-state index contributed by atoms with van der Waals surface area (Å²) in [7, 11) is 0. The van der Waals surface area contributed by atoms with Gasteiger partial charge < -0.3 is 14.8 Å². The number of nitrogens with zero attached hydrogens (tertiary/aromatic N) is 1. The molecule has 1 heterocycles. The van der Waals surface area contributed by atoms with Crippen molar-refractivity contribution in [1.29, 1.82) is 0 Å². The van der Waals surface area contributed by atoms with Gasteiger partial charge >= 0.3 is 6.03 Å². The van der Waals surface area contributed by atoms with Gasteiger partial charge in [-0.25, -0.2) is 9.18 Å². The third-order valence-corrected chi connectivity index (χ3v) is 6.86. The third-order valence-electron chi connectivity index (χ3n) is 6.06. The Balaban J connectivity index is 1.35. The number of rotatable bonds is 8. The van der Waals surface area contributed by atoms with Gasteiger partial charge in [0.1, 0.15) is 18.1 Å². The lowest BCUT2D eigenvalue weighted by molar-refractivity contribution is -0.123. The van der Waals surface area contributed by atoms with Crippen molar-refractivity contribution in [2.75, 3.05) is 6.61 Å². The van der Waals surface area contributed by atoms with Crippen molar-refractivity contribution < 1.29 is 23.5 Å². The van der Waals surface area contributed by atoms with Gasteiger partial charge in [-0.3, -0.25) is 9.69 Å². The second kappa shape index (κ2) is 11.2. The van der Waals surface area contributed by atoms with Crippen LogP contribution in [0.15, 0.2) is 84.6 Å². The number of nitrogens with one attached hydrogen (secondary N) is 1. The van der Waals surface area contributed by atoms with Crippen molar-refractivity contribution in [3.8, 4) is 11.5 Å². The lowest BCUT2D eigenvalue weighted by Crippen LogP contribution is -2.30. The molecule has 0 atom stereocenters. The van der Waals surface area contributed by atoms with Gasteiger partial charge in [0.2, 0.25) is 0 Å². The van der Waals surface area contributed by atoms with Crippen LogP contribution in [-0.2, 0) is 17.9 Å². The number of fused-ring (bicyclic) bond motifs is 1. The average Bonchev–Trinajstić information content (AvgIpc) is 3.16. The molecule has 0 unspecified atom stereocenters. The van der Waals surface area contributed by atoms with Crippen LogP contribution in [0.4, 0.5) is 9.18 Å². The molecule has 0 spiro atoms. The van der Waals surface area contributed by atoms with Gasteiger partial charge in [0, 0.05) is 0 Å². The second-order valence-electron chi connectivity index (χ2n) is 8.74. The molecule has 6 nitrogen and oxygen atoms in total. The van der Waals surface area contributed by atoms with Crippen molar-refractivity contribution in [2.24, 2.45) is 0 Å². The number of benzene rings is 4. The molecule has 0 aliphatic carbocycles. The lowest BCUT2D eigenvalue weighted by Gasteiger charge is -2.15. The highest BCUT2D eigenvalue weighted by atomic mass is 127. The van der Waals surface area contributed by atoms with Crippen LogP contribution >= 0.6 is 22.6 Å². The molecular formula is C30H24FIN2O4. The van der Waals surface area contributed by atoms with Crippen LogP contribution in [0.5, 0.6) is 11.5 Å². The van der Waals surface area contributed by atoms with E-state index in [-0.39, 0.29) is 18.1 Å². The maximum atomic E-state index is 13.2. The molecule has 192 valence electrons. The van der Waals surface area contributed by atoms with Crippen molar-refractivity contribution in [1.82, 2.24) is 10.2 Å². The standard InChI is InChI=1S/C30H24FIN2O4/c1-2-37-27-16-21(15-26-29(35)34(30(36)33-26)17-19-8-11-24(31)12-9-19)14-25(32)28(27)38-18-20-7-10-22-5-3-4-6-23(22)13-20/h3-16H,2,17-18H2,1H3,(H,33,36)/b26-15+. The molecule has 3 amide bonds. The Kier molecular flexibility index (Phi) is 7.59. The van der Waals surface area contributed by atoms with E-state index in [4.69, 9.17) is 9.47 Å². The van der Waals surface area contributed by atoms with Crippen LogP contribution in [0.3, 0.4) is 0 Å². The zero-order chi connectivity index (χ0) is 26.6. The Hall–Kier alpha value is -3.92. The predicted octanol–water partition coefficient (Wildman–Crippen LogP) is 6.65. The highest BCUT2D eigenvalue weighted by Gasteiger charge is 2.33. The fourth-order valence-electron chi connectivity index (χ4n) is 4.21. The largest absolute Gasteiger partial charge is 0.490 e. The van der Waals surface area contributed by atoms with E-state index in [2.05, 4.69) is 52.2 Å². The minimum atomic E-state index is -0.527. The summed E-state index contributed by atoms with van der Waals surface area (Å²) in [4.78, 5) is 26.5. The summed E-state index contributed by atoms with van der Waals surface area (Å²) >= 11 is 2.18. The van der Waals surface area contributed by atoms with Crippen molar-refractivity contribution in [3.05, 3.63) is 111 Å². The molecule has 4 aromatic rings. The van der Waals surface area contributed by atoms with Crippen molar-refractivity contribution >= 4 is 51.4 Å². The van der Waals surface area contributed by atoms with Gasteiger partial charge in [-0.2, -0.15) is 0 Å². The van der Waals surface area contributed by atoms with Crippen LogP contribution < -0.4 is 14.8 Å². The van der Waals surface area contributed by atoms with Crippen LogP contribution in [0, 0.1) is 9.39 Å². The van der Waals surface area contributed by atoms with Gasteiger partial charge in [-0.05, 0) is 93.4 Å². The zero-order valence-corrected chi connectivity index (χ0v) is 22.7. The molecule has 5 rings (SSSR count). The number of hydrogen-bond acceptors (Lipinski definition) is 4. The first-order valence-corrected chi connectivity index (χ1v) is 13.1. The van der Waals surface area contributed by atoms with E-state index in [1.165, 1.54) is 17.5 Å². The molecule has 1 aliphatic heterocycles. The van der Waals surface area contributed by atoms with Gasteiger partial charge in [0.05, 0.1) is 16.7 Å². The first-order valence-electron chi connectivity index (χ1n) is 12.1. The second-order valence-corrected chi connectivity index (χ2v) is 9.90. The number of urea groups is 1. The molecule has 1 aliphatic rings. The molecule has 38 heavy (non-hydrogen) atoms. The molecule has 4 aromatic carbocycles. The van der Waals surface area contributed by atoms with E-state index in [9.17, 15) is 14.0 Å². The van der Waals surface area contributed by atoms with E-state index in [0.717, 1.165) is 19.4 Å². The minimum absolute atomic E-state index is 0.0472. The number of ether oxygens (including phenoxy) is 2. The van der Waals surface area contributed by atoms with Gasteiger partial charge in [0.25, 0.3) is 5.91 Å². The lowest BCUT2D eigenvalue weighted by atomic mass is 10.1. The summed E-state index contributed by atoms with van der Waals surface area (Å²) in [5.41, 5.74) is 2.52. The highest BCUT2D eigenvalue weighted by molar-refractivity contribution is 14.1. The van der Waals surface area contributed by atoms with E-state index in [1.807, 2.05) is 31.2 Å². The highest BCUT2D eigenvalue weighted by Crippen LogP contribution is 2.36. The third kappa shape index (κ3) is 5.65. The molecule has 0 aromatic heterocycles. The van der Waals surface area contributed by atoms with Crippen LogP contribution in [0.2, 0.25) is 0 Å². The van der Waals surface area contributed by atoms with E-state index in [0.29, 0.717) is 35.8 Å². The van der Waals surface area contributed by atoms with Gasteiger partial charge in [-0.1, -0.05) is 48.5 Å². The monoisotopic (exact) mass is 622 g/mol. The minimum Gasteiger partial charge on any atom is -0.490 e. The fourth-order valence-corrected chi connectivity index (χ4v) is 4.99. The van der Waals surface area contributed by atoms with E-state index in [1.54, 1.807) is 24.3 Å². The summed E-state index contributed by atoms with van der Waals surface area (Å²) in [6.07, 6.45) is 1.61. The fraction of sp³-hybridized carbons (Fsp3) is 0.133. The van der Waals surface area contributed by atoms with Crippen LogP contribution in [0.1, 0.15) is 23.6 Å². The maximum absolute atomic E-state index is 13.2. The topological polar surface area (TPSA) is 67.9 Å². The predicted molar refractivity (Wildman–Crippen MR) is 152 cm³/mol. The van der Waals surface area contributed by atoms with Gasteiger partial charge in [0.15, 0.2) is 11.5 Å². The molecular weight excluding hydrogens is 598 g/mol. The maximum Gasteiger partial charge on any atom is 0.329 e. The summed E-state index contributed by atoms with van der Waals surface area (Å²) in [6.45, 7) is 2.74. The normalized spacial score (nSPS) is 14.3. The number of halogens is 2. The SMILES string of the molecule is CCOc1cc(/C=C2/NC(=O)N(Cc3ccc(F)cc3)C2=O)cc(I)c1OCc1ccc2ccccc2c1. The van der Waals surface area contributed by atoms with E-state index >= 15 is 0 Å². The average molecular weight is 622 g/mol. The van der Waals surface area contributed by atoms with E-state index < -0.39 is 11.9 Å². The summed E-state index contributed by atoms with van der Waals surface area (Å²) in [5, 5.41) is 4.95. The Morgan fingerprint density at radius 2 is 1.66 bits per heavy atom. The molecule has 1 N–H and O–H groups in total. The van der Waals surface area contributed by atoms with Gasteiger partial charge in [-0.15, -0.1) is 0 Å². The molecule has 0 radical (unpaired) electrons. The number of amides is 3. The molecule has 0 saturated carbocycles. The molecule has 1 saturated heterocycles. The molecule has 0 bridgehead atoms. The Morgan fingerprint density at radius 3 is 2.42 bits per heavy atom. The number of carbonyl (C=O) groups is 2.